The van der Waals surface area contributed by atoms with Crippen LogP contribution in [0, 0.1) is 0 Å². The number of nitrogens with two attached hydrogens (primary N) is 1. The monoisotopic (exact) mass is 433 g/mol. The molecule has 1 aliphatic carbocycles. The molecule has 0 spiro atoms. The van der Waals surface area contributed by atoms with Crippen molar-refractivity contribution in [1.29, 1.82) is 0 Å². The van der Waals surface area contributed by atoms with Gasteiger partial charge < -0.3 is 15.2 Å². The summed E-state index contributed by atoms with van der Waals surface area (Å²) in [6.07, 6.45) is 8.04. The van der Waals surface area contributed by atoms with Crippen LogP contribution in [0.4, 0.5) is 10.6 Å². The molecular weight excluding hydrogens is 406 g/mol. The summed E-state index contributed by atoms with van der Waals surface area (Å²) in [5.74, 6) is 0.557. The molecule has 8 nitrogen and oxygen atoms in total. The number of ether oxygens (including phenoxy) is 2. The topological polar surface area (TPSA) is 103 Å². The number of amides is 1. The van der Waals surface area contributed by atoms with Gasteiger partial charge in [-0.3, -0.25) is 4.90 Å². The lowest BCUT2D eigenvalue weighted by Gasteiger charge is -2.34. The molecule has 0 bridgehead atoms. The first kappa shape index (κ1) is 21.7. The van der Waals surface area contributed by atoms with Crippen molar-refractivity contribution in [1.82, 2.24) is 15.0 Å². The van der Waals surface area contributed by atoms with Crippen LogP contribution in [-0.2, 0) is 11.3 Å². The van der Waals surface area contributed by atoms with Crippen molar-refractivity contribution >= 4 is 11.9 Å². The molecular formula is C24H27N5O3. The minimum absolute atomic E-state index is 0.000688. The number of carbonyl (C=O) groups excluding carboxylic acids is 1. The van der Waals surface area contributed by atoms with E-state index in [1.54, 1.807) is 23.5 Å². The highest BCUT2D eigenvalue weighted by atomic mass is 16.6. The van der Waals surface area contributed by atoms with Crippen molar-refractivity contribution < 1.29 is 14.3 Å². The minimum Gasteiger partial charge on any atom is -0.467 e. The first-order valence-electron chi connectivity index (χ1n) is 10.7. The second kappa shape index (κ2) is 10.2. The van der Waals surface area contributed by atoms with Gasteiger partial charge >= 0.3 is 12.1 Å². The van der Waals surface area contributed by atoms with Gasteiger partial charge in [0.2, 0.25) is 0 Å². The summed E-state index contributed by atoms with van der Waals surface area (Å²) in [5.41, 5.74) is 8.68. The number of benzene rings is 1. The molecule has 0 atom stereocenters. The lowest BCUT2D eigenvalue weighted by molar-refractivity contribution is 0.142. The summed E-state index contributed by atoms with van der Waals surface area (Å²) in [6, 6.07) is 13.9. The molecule has 3 aromatic rings. The van der Waals surface area contributed by atoms with Gasteiger partial charge in [-0.15, -0.1) is 0 Å². The molecule has 2 N–H and O–H groups in total. The van der Waals surface area contributed by atoms with Gasteiger partial charge in [-0.1, -0.05) is 30.3 Å². The van der Waals surface area contributed by atoms with Gasteiger partial charge in [0.1, 0.15) is 12.4 Å². The number of hydrogen-bond acceptors (Lipinski definition) is 7. The highest BCUT2D eigenvalue weighted by Gasteiger charge is 2.31. The first-order valence-corrected chi connectivity index (χ1v) is 10.7. The fourth-order valence-corrected chi connectivity index (χ4v) is 3.85. The lowest BCUT2D eigenvalue weighted by Crippen LogP contribution is -2.45. The average Bonchev–Trinajstić information content (AvgIpc) is 2.85. The van der Waals surface area contributed by atoms with Gasteiger partial charge in [0.25, 0.3) is 0 Å². The van der Waals surface area contributed by atoms with Crippen LogP contribution in [0.2, 0.25) is 0 Å². The fraction of sp³-hybridized carbons (Fsp3) is 0.333. The Morgan fingerprint density at radius 2 is 1.66 bits per heavy atom. The summed E-state index contributed by atoms with van der Waals surface area (Å²) < 4.78 is 10.7. The van der Waals surface area contributed by atoms with E-state index in [9.17, 15) is 4.79 Å². The zero-order valence-corrected chi connectivity index (χ0v) is 18.1. The van der Waals surface area contributed by atoms with Crippen LogP contribution in [0.25, 0.3) is 11.1 Å². The van der Waals surface area contributed by atoms with Crippen LogP contribution >= 0.6 is 0 Å². The maximum absolute atomic E-state index is 13.1. The van der Waals surface area contributed by atoms with Crippen molar-refractivity contribution in [2.75, 3.05) is 12.0 Å². The van der Waals surface area contributed by atoms with Gasteiger partial charge in [0.05, 0.1) is 7.11 Å². The Hall–Kier alpha value is -3.52. The van der Waals surface area contributed by atoms with Crippen LogP contribution in [0.5, 0.6) is 6.01 Å². The van der Waals surface area contributed by atoms with Crippen molar-refractivity contribution in [3.8, 4) is 17.1 Å². The molecule has 0 saturated heterocycles. The quantitative estimate of drug-likeness (QED) is 0.627. The predicted molar refractivity (Wildman–Crippen MR) is 121 cm³/mol. The number of carbonyl (C=O) groups is 1. The summed E-state index contributed by atoms with van der Waals surface area (Å²) >= 11 is 0. The Bertz CT molecular complexity index is 1000. The van der Waals surface area contributed by atoms with E-state index in [0.717, 1.165) is 42.4 Å². The van der Waals surface area contributed by atoms with E-state index in [0.29, 0.717) is 11.8 Å². The molecule has 32 heavy (non-hydrogen) atoms. The standard InChI is InChI=1S/C24H27N5O3/c1-31-23-27-14-19(15-28-23)18-7-12-22(26-13-18)29(21-10-8-20(25)9-11-21)24(30)32-16-17-5-3-2-4-6-17/h2-7,12-15,20-21H,8-11,16,25H2,1H3. The van der Waals surface area contributed by atoms with Crippen LogP contribution in [0.15, 0.2) is 61.1 Å². The molecule has 0 aliphatic heterocycles. The number of pyridine rings is 1. The summed E-state index contributed by atoms with van der Waals surface area (Å²) in [4.78, 5) is 27.6. The first-order chi connectivity index (χ1) is 15.6. The highest BCUT2D eigenvalue weighted by molar-refractivity contribution is 5.87. The van der Waals surface area contributed by atoms with Crippen molar-refractivity contribution in [2.24, 2.45) is 5.73 Å². The smallest absolute Gasteiger partial charge is 0.416 e. The summed E-state index contributed by atoms with van der Waals surface area (Å²) in [7, 11) is 1.52. The SMILES string of the molecule is COc1ncc(-c2ccc(N(C(=O)OCc3ccccc3)C3CCC(N)CC3)nc2)cn1. The van der Waals surface area contributed by atoms with Gasteiger partial charge in [-0.25, -0.2) is 19.7 Å². The number of aromatic nitrogens is 3. The van der Waals surface area contributed by atoms with Gasteiger partial charge in [0, 0.05) is 41.8 Å². The molecule has 8 heteroatoms. The maximum Gasteiger partial charge on any atom is 0.416 e. The highest BCUT2D eigenvalue weighted by Crippen LogP contribution is 2.28. The number of nitrogens with zero attached hydrogens (tertiary/aromatic N) is 4. The summed E-state index contributed by atoms with van der Waals surface area (Å²) in [5, 5.41) is 0. The Morgan fingerprint density at radius 1 is 0.969 bits per heavy atom. The van der Waals surface area contributed by atoms with Crippen LogP contribution < -0.4 is 15.4 Å². The van der Waals surface area contributed by atoms with Crippen LogP contribution in [0.1, 0.15) is 31.2 Å². The largest absolute Gasteiger partial charge is 0.467 e. The normalized spacial score (nSPS) is 18.1. The molecule has 1 saturated carbocycles. The van der Waals surface area contributed by atoms with E-state index in [1.807, 2.05) is 42.5 Å². The molecule has 166 valence electrons. The molecule has 4 rings (SSSR count). The Balaban J connectivity index is 1.53. The average molecular weight is 434 g/mol. The maximum atomic E-state index is 13.1. The molecule has 2 heterocycles. The van der Waals surface area contributed by atoms with E-state index in [1.165, 1.54) is 7.11 Å². The van der Waals surface area contributed by atoms with Crippen molar-refractivity contribution in [3.63, 3.8) is 0 Å². The number of methoxy groups -OCH3 is 1. The third kappa shape index (κ3) is 5.20. The fourth-order valence-electron chi connectivity index (χ4n) is 3.85. The van der Waals surface area contributed by atoms with Crippen molar-refractivity contribution in [3.05, 3.63) is 66.6 Å². The number of hydrogen-bond donors (Lipinski definition) is 1. The second-order valence-corrected chi connectivity index (χ2v) is 7.84. The zero-order chi connectivity index (χ0) is 22.3. The minimum atomic E-state index is -0.401. The number of rotatable bonds is 6. The molecule has 2 aromatic heterocycles. The summed E-state index contributed by atoms with van der Waals surface area (Å²) in [6.45, 7) is 0.212. The Kier molecular flexibility index (Phi) is 6.91. The van der Waals surface area contributed by atoms with E-state index >= 15 is 0 Å². The Morgan fingerprint density at radius 3 is 2.28 bits per heavy atom. The molecule has 1 fully saturated rings. The third-order valence-corrected chi connectivity index (χ3v) is 5.65. The van der Waals surface area contributed by atoms with Gasteiger partial charge in [-0.05, 0) is 43.4 Å². The van der Waals surface area contributed by atoms with E-state index in [-0.39, 0.29) is 18.7 Å². The van der Waals surface area contributed by atoms with Gasteiger partial charge in [0.15, 0.2) is 0 Å². The molecule has 1 aromatic carbocycles. The predicted octanol–water partition coefficient (Wildman–Crippen LogP) is 3.96. The van der Waals surface area contributed by atoms with Crippen molar-refractivity contribution in [2.45, 2.75) is 44.4 Å². The molecule has 0 radical (unpaired) electrons. The van der Waals surface area contributed by atoms with E-state index < -0.39 is 6.09 Å². The van der Waals surface area contributed by atoms with Crippen LogP contribution in [-0.4, -0.2) is 40.2 Å². The third-order valence-electron chi connectivity index (χ3n) is 5.65. The lowest BCUT2D eigenvalue weighted by atomic mass is 9.91. The molecule has 1 aliphatic rings. The van der Waals surface area contributed by atoms with E-state index in [2.05, 4.69) is 15.0 Å². The van der Waals surface area contributed by atoms with Crippen LogP contribution in [0.3, 0.4) is 0 Å². The molecule has 0 unspecified atom stereocenters. The number of anilines is 1. The Labute approximate surface area is 187 Å². The van der Waals surface area contributed by atoms with E-state index in [4.69, 9.17) is 15.2 Å². The zero-order valence-electron chi connectivity index (χ0n) is 18.1. The second-order valence-electron chi connectivity index (χ2n) is 7.84. The molecule has 1 amide bonds. The van der Waals surface area contributed by atoms with Gasteiger partial charge in [-0.2, -0.15) is 0 Å².